The van der Waals surface area contributed by atoms with Crippen LogP contribution in [0.25, 0.3) is 0 Å². The van der Waals surface area contributed by atoms with Gasteiger partial charge in [0, 0.05) is 23.6 Å². The number of oxime groups is 1. The first kappa shape index (κ1) is 21.2. The van der Waals surface area contributed by atoms with E-state index < -0.39 is 19.0 Å². The molecule has 26 heavy (non-hydrogen) atoms. The van der Waals surface area contributed by atoms with Crippen molar-refractivity contribution in [1.29, 1.82) is 0 Å². The molecule has 0 aliphatic carbocycles. The van der Waals surface area contributed by atoms with Crippen LogP contribution in [0.1, 0.15) is 38.8 Å². The van der Waals surface area contributed by atoms with Gasteiger partial charge in [-0.15, -0.1) is 11.3 Å². The summed E-state index contributed by atoms with van der Waals surface area (Å²) >= 11 is 6.38. The molecule has 0 radical (unpaired) electrons. The average Bonchev–Trinajstić information content (AvgIpc) is 3.02. The van der Waals surface area contributed by atoms with Crippen LogP contribution in [0.3, 0.4) is 0 Å². The van der Waals surface area contributed by atoms with Crippen molar-refractivity contribution in [3.8, 4) is 0 Å². The Morgan fingerprint density at radius 3 is 2.73 bits per heavy atom. The van der Waals surface area contributed by atoms with Crippen LogP contribution in [0, 0.1) is 0 Å². The molecular weight excluding hydrogens is 401 g/mol. The van der Waals surface area contributed by atoms with Gasteiger partial charge >= 0.3 is 12.7 Å². The molecule has 1 aromatic heterocycles. The summed E-state index contributed by atoms with van der Waals surface area (Å²) in [6.45, 7) is 1.29. The third kappa shape index (κ3) is 6.26. The van der Waals surface area contributed by atoms with E-state index in [1.807, 2.05) is 0 Å². The van der Waals surface area contributed by atoms with Crippen LogP contribution in [0.2, 0.25) is 0 Å². The number of nitrogens with two attached hydrogens (primary N) is 1. The summed E-state index contributed by atoms with van der Waals surface area (Å²) < 4.78 is 21.4. The molecule has 1 aliphatic rings. The van der Waals surface area contributed by atoms with E-state index in [2.05, 4.69) is 10.1 Å². The molecular formula is C14H22N3O6PS2. The second kappa shape index (κ2) is 10.3. The smallest absolute Gasteiger partial charge is 0.383 e. The monoisotopic (exact) mass is 423 g/mol. The summed E-state index contributed by atoms with van der Waals surface area (Å²) in [5.41, 5.74) is 5.71. The van der Waals surface area contributed by atoms with Gasteiger partial charge in [-0.1, -0.05) is 5.16 Å². The number of hydrogen-bond acceptors (Lipinski definition) is 11. The predicted octanol–water partition coefficient (Wildman–Crippen LogP) is 2.81. The molecule has 0 aromatic carbocycles. The molecule has 1 saturated heterocycles. The van der Waals surface area contributed by atoms with Crippen molar-refractivity contribution in [2.24, 2.45) is 5.16 Å². The standard InChI is InChI=1S/C14H22N3O6PS2/c1-3-20-24(25,21-4-2)23-13(18)12(10-9-26-14(15)16-10)17-22-11-7-5-6-8-19-11/h9,11H,3-8H2,1-2H3,(H2,15,16)/b17-12+. The number of carbonyl (C=O) groups is 1. The van der Waals surface area contributed by atoms with Crippen molar-refractivity contribution in [1.82, 2.24) is 4.98 Å². The minimum absolute atomic E-state index is 0.166. The summed E-state index contributed by atoms with van der Waals surface area (Å²) in [7, 11) is 0. The maximum absolute atomic E-state index is 12.6. The van der Waals surface area contributed by atoms with E-state index in [0.717, 1.165) is 24.2 Å². The minimum atomic E-state index is -3.24. The van der Waals surface area contributed by atoms with Gasteiger partial charge < -0.3 is 19.8 Å². The minimum Gasteiger partial charge on any atom is -0.386 e. The fourth-order valence-corrected chi connectivity index (χ4v) is 4.53. The van der Waals surface area contributed by atoms with Crippen molar-refractivity contribution in [3.05, 3.63) is 11.1 Å². The van der Waals surface area contributed by atoms with Crippen LogP contribution in [0.4, 0.5) is 5.13 Å². The fourth-order valence-electron chi connectivity index (χ4n) is 2.04. The maximum Gasteiger partial charge on any atom is 0.383 e. The lowest BCUT2D eigenvalue weighted by Crippen LogP contribution is -2.24. The third-order valence-electron chi connectivity index (χ3n) is 3.13. The molecule has 146 valence electrons. The lowest BCUT2D eigenvalue weighted by molar-refractivity contribution is -0.162. The van der Waals surface area contributed by atoms with Crippen LogP contribution >= 0.6 is 18.1 Å². The summed E-state index contributed by atoms with van der Waals surface area (Å²) in [4.78, 5) is 22.1. The molecule has 1 aliphatic heterocycles. The number of hydrogen-bond donors (Lipinski definition) is 1. The Hall–Kier alpha value is -1.10. The van der Waals surface area contributed by atoms with Gasteiger partial charge in [-0.25, -0.2) is 9.78 Å². The number of nitrogens with zero attached hydrogens (tertiary/aromatic N) is 2. The Labute approximate surface area is 161 Å². The quantitative estimate of drug-likeness (QED) is 0.364. The van der Waals surface area contributed by atoms with Crippen LogP contribution in [-0.4, -0.2) is 42.8 Å². The first-order valence-corrected chi connectivity index (χ1v) is 11.6. The molecule has 12 heteroatoms. The molecule has 0 amide bonds. The zero-order chi connectivity index (χ0) is 19.0. The molecule has 1 unspecified atom stereocenters. The van der Waals surface area contributed by atoms with Gasteiger partial charge in [0.05, 0.1) is 19.8 Å². The number of rotatable bonds is 9. The van der Waals surface area contributed by atoms with Crippen molar-refractivity contribution < 1.29 is 27.9 Å². The van der Waals surface area contributed by atoms with Gasteiger partial charge in [-0.2, -0.15) is 0 Å². The summed E-state index contributed by atoms with van der Waals surface area (Å²) in [6.07, 6.45) is 2.08. The molecule has 1 atom stereocenters. The SMILES string of the molecule is CCOP(=S)(OCC)OC(=O)/C(=N/OC1CCCCO1)c1csc(N)n1. The Balaban J connectivity index is 2.19. The van der Waals surface area contributed by atoms with Gasteiger partial charge in [-0.05, 0) is 26.7 Å². The van der Waals surface area contributed by atoms with E-state index in [-0.39, 0.29) is 29.8 Å². The topological polar surface area (TPSA) is 114 Å². The molecule has 2 rings (SSSR count). The Bertz CT molecular complexity index is 667. The third-order valence-corrected chi connectivity index (χ3v) is 6.19. The summed E-state index contributed by atoms with van der Waals surface area (Å²) in [5, 5.41) is 5.76. The molecule has 2 N–H and O–H groups in total. The van der Waals surface area contributed by atoms with Crippen LogP contribution in [0.5, 0.6) is 0 Å². The lowest BCUT2D eigenvalue weighted by Gasteiger charge is -2.21. The maximum atomic E-state index is 12.6. The molecule has 0 spiro atoms. The number of anilines is 1. The number of aromatic nitrogens is 1. The highest BCUT2D eigenvalue weighted by molar-refractivity contribution is 8.07. The van der Waals surface area contributed by atoms with Crippen molar-refractivity contribution >= 4 is 46.7 Å². The highest BCUT2D eigenvalue weighted by atomic mass is 32.5. The van der Waals surface area contributed by atoms with Gasteiger partial charge in [0.15, 0.2) is 5.13 Å². The molecule has 1 fully saturated rings. The average molecular weight is 423 g/mol. The number of ether oxygens (including phenoxy) is 1. The number of nitrogen functional groups attached to an aromatic ring is 1. The highest BCUT2D eigenvalue weighted by Crippen LogP contribution is 2.50. The highest BCUT2D eigenvalue weighted by Gasteiger charge is 2.30. The predicted molar refractivity (Wildman–Crippen MR) is 101 cm³/mol. The van der Waals surface area contributed by atoms with Crippen molar-refractivity contribution in [2.45, 2.75) is 39.4 Å². The van der Waals surface area contributed by atoms with E-state index in [4.69, 9.17) is 40.7 Å². The van der Waals surface area contributed by atoms with Gasteiger partial charge in [-0.3, -0.25) is 9.05 Å². The number of thiazole rings is 1. The van der Waals surface area contributed by atoms with Crippen LogP contribution in [-0.2, 0) is 39.7 Å². The van der Waals surface area contributed by atoms with E-state index in [9.17, 15) is 4.79 Å². The van der Waals surface area contributed by atoms with Gasteiger partial charge in [0.2, 0.25) is 12.0 Å². The van der Waals surface area contributed by atoms with Gasteiger partial charge in [0.1, 0.15) is 5.69 Å². The van der Waals surface area contributed by atoms with Crippen LogP contribution < -0.4 is 5.73 Å². The zero-order valence-corrected chi connectivity index (χ0v) is 17.1. The van der Waals surface area contributed by atoms with Crippen molar-refractivity contribution in [3.63, 3.8) is 0 Å². The summed E-state index contributed by atoms with van der Waals surface area (Å²) in [5.74, 6) is -0.851. The molecule has 9 nitrogen and oxygen atoms in total. The largest absolute Gasteiger partial charge is 0.386 e. The van der Waals surface area contributed by atoms with E-state index >= 15 is 0 Å². The Morgan fingerprint density at radius 1 is 1.46 bits per heavy atom. The van der Waals surface area contributed by atoms with Gasteiger partial charge in [0.25, 0.3) is 0 Å². The number of carbonyl (C=O) groups excluding carboxylic acids is 1. The molecule has 0 saturated carbocycles. The second-order valence-electron chi connectivity index (χ2n) is 5.07. The van der Waals surface area contributed by atoms with E-state index in [1.165, 1.54) is 0 Å². The second-order valence-corrected chi connectivity index (χ2v) is 8.90. The van der Waals surface area contributed by atoms with Crippen molar-refractivity contribution in [2.75, 3.05) is 25.6 Å². The zero-order valence-electron chi connectivity index (χ0n) is 14.6. The molecule has 1 aromatic rings. The first-order chi connectivity index (χ1) is 12.5. The Kier molecular flexibility index (Phi) is 8.39. The van der Waals surface area contributed by atoms with Crippen LogP contribution in [0.15, 0.2) is 10.5 Å². The van der Waals surface area contributed by atoms with E-state index in [0.29, 0.717) is 13.0 Å². The normalized spacial score (nSPS) is 18.5. The molecule has 0 bridgehead atoms. The van der Waals surface area contributed by atoms with E-state index in [1.54, 1.807) is 19.2 Å². The fraction of sp³-hybridized carbons (Fsp3) is 0.643. The summed E-state index contributed by atoms with van der Waals surface area (Å²) in [6, 6.07) is 0. The first-order valence-electron chi connectivity index (χ1n) is 8.17. The molecule has 2 heterocycles. The lowest BCUT2D eigenvalue weighted by atomic mass is 10.2. The Morgan fingerprint density at radius 2 is 2.19 bits per heavy atom.